The minimum absolute atomic E-state index is 0.253. The summed E-state index contributed by atoms with van der Waals surface area (Å²) in [5.41, 5.74) is 8.74. The average Bonchev–Trinajstić information content (AvgIpc) is 2.72. The molecule has 0 aliphatic heterocycles. The highest BCUT2D eigenvalue weighted by Gasteiger charge is 2.12. The van der Waals surface area contributed by atoms with Crippen LogP contribution in [0.4, 0.5) is 17.2 Å². The molecular formula is C21H22N4O3. The molecule has 1 aromatic heterocycles. The third-order valence-corrected chi connectivity index (χ3v) is 4.03. The molecule has 3 rings (SSSR count). The lowest BCUT2D eigenvalue weighted by Crippen LogP contribution is -2.06. The van der Waals surface area contributed by atoms with Crippen molar-refractivity contribution in [3.05, 3.63) is 66.0 Å². The lowest BCUT2D eigenvalue weighted by atomic mass is 10.2. The van der Waals surface area contributed by atoms with Crippen molar-refractivity contribution in [2.45, 2.75) is 20.3 Å². The third-order valence-electron chi connectivity index (χ3n) is 4.03. The quantitative estimate of drug-likeness (QED) is 0.590. The first-order valence-corrected chi connectivity index (χ1v) is 9.02. The molecule has 0 aliphatic rings. The average molecular weight is 378 g/mol. The van der Waals surface area contributed by atoms with Crippen molar-refractivity contribution in [1.29, 1.82) is 0 Å². The lowest BCUT2D eigenvalue weighted by Gasteiger charge is -2.12. The van der Waals surface area contributed by atoms with Crippen molar-refractivity contribution < 1.29 is 14.3 Å². The summed E-state index contributed by atoms with van der Waals surface area (Å²) in [6, 6.07) is 14.6. The fraction of sp³-hybridized carbons (Fsp3) is 0.190. The van der Waals surface area contributed by atoms with Gasteiger partial charge in [-0.15, -0.1) is 0 Å². The highest BCUT2D eigenvalue weighted by Crippen LogP contribution is 2.31. The van der Waals surface area contributed by atoms with Gasteiger partial charge in [0.2, 0.25) is 5.88 Å². The maximum absolute atomic E-state index is 11.9. The first-order valence-electron chi connectivity index (χ1n) is 9.02. The molecule has 0 unspecified atom stereocenters. The van der Waals surface area contributed by atoms with Gasteiger partial charge in [0.1, 0.15) is 17.8 Å². The van der Waals surface area contributed by atoms with Crippen LogP contribution < -0.4 is 15.8 Å². The Balaban J connectivity index is 1.79. The largest absolute Gasteiger partial charge is 0.462 e. The van der Waals surface area contributed by atoms with Gasteiger partial charge in [-0.05, 0) is 49.2 Å². The maximum Gasteiger partial charge on any atom is 0.338 e. The SMILES string of the molecule is CCOC(=O)c1cccc(Nc2ncnc(Oc3ccc(CC)cc3)c2N)c1. The van der Waals surface area contributed by atoms with Crippen molar-refractivity contribution in [1.82, 2.24) is 9.97 Å². The Kier molecular flexibility index (Phi) is 6.06. The minimum atomic E-state index is -0.388. The van der Waals surface area contributed by atoms with E-state index in [9.17, 15) is 4.79 Å². The monoisotopic (exact) mass is 378 g/mol. The summed E-state index contributed by atoms with van der Waals surface area (Å²) in [5, 5.41) is 3.09. The highest BCUT2D eigenvalue weighted by atomic mass is 16.5. The molecule has 0 saturated heterocycles. The summed E-state index contributed by atoms with van der Waals surface area (Å²) in [5.74, 6) is 0.888. The van der Waals surface area contributed by atoms with E-state index in [1.807, 2.05) is 24.3 Å². The Bertz CT molecular complexity index is 958. The first-order chi connectivity index (χ1) is 13.6. The van der Waals surface area contributed by atoms with Gasteiger partial charge < -0.3 is 20.5 Å². The van der Waals surface area contributed by atoms with E-state index < -0.39 is 0 Å². The van der Waals surface area contributed by atoms with E-state index in [-0.39, 0.29) is 17.5 Å². The van der Waals surface area contributed by atoms with Crippen LogP contribution >= 0.6 is 0 Å². The molecule has 3 N–H and O–H groups in total. The maximum atomic E-state index is 11.9. The zero-order valence-electron chi connectivity index (χ0n) is 15.8. The Morgan fingerprint density at radius 2 is 1.89 bits per heavy atom. The number of hydrogen-bond acceptors (Lipinski definition) is 7. The van der Waals surface area contributed by atoms with Crippen molar-refractivity contribution in [3.8, 4) is 11.6 Å². The number of anilines is 3. The third kappa shape index (κ3) is 4.56. The molecule has 28 heavy (non-hydrogen) atoms. The van der Waals surface area contributed by atoms with E-state index >= 15 is 0 Å². The second-order valence-corrected chi connectivity index (χ2v) is 5.97. The van der Waals surface area contributed by atoms with Gasteiger partial charge in [-0.2, -0.15) is 4.98 Å². The molecule has 0 amide bonds. The van der Waals surface area contributed by atoms with Gasteiger partial charge >= 0.3 is 5.97 Å². The van der Waals surface area contributed by atoms with Gasteiger partial charge in [-0.1, -0.05) is 25.1 Å². The molecule has 0 spiro atoms. The number of nitrogen functional groups attached to an aromatic ring is 1. The fourth-order valence-electron chi connectivity index (χ4n) is 2.54. The zero-order valence-corrected chi connectivity index (χ0v) is 15.8. The molecule has 7 heteroatoms. The number of rotatable bonds is 7. The molecule has 1 heterocycles. The number of carbonyl (C=O) groups excluding carboxylic acids is 1. The number of benzene rings is 2. The second-order valence-electron chi connectivity index (χ2n) is 5.97. The van der Waals surface area contributed by atoms with Crippen LogP contribution in [0.5, 0.6) is 11.6 Å². The number of hydrogen-bond donors (Lipinski definition) is 2. The van der Waals surface area contributed by atoms with Gasteiger partial charge in [-0.3, -0.25) is 0 Å². The molecule has 0 atom stereocenters. The van der Waals surface area contributed by atoms with E-state index in [1.165, 1.54) is 11.9 Å². The molecule has 144 valence electrons. The van der Waals surface area contributed by atoms with Gasteiger partial charge in [0.25, 0.3) is 0 Å². The number of carbonyl (C=O) groups is 1. The Labute approximate surface area is 163 Å². The van der Waals surface area contributed by atoms with Gasteiger partial charge in [0.05, 0.1) is 12.2 Å². The summed E-state index contributed by atoms with van der Waals surface area (Å²) in [4.78, 5) is 20.2. The van der Waals surface area contributed by atoms with Crippen LogP contribution in [0, 0.1) is 0 Å². The zero-order chi connectivity index (χ0) is 19.9. The smallest absolute Gasteiger partial charge is 0.338 e. The summed E-state index contributed by atoms with van der Waals surface area (Å²) >= 11 is 0. The van der Waals surface area contributed by atoms with Crippen molar-refractivity contribution in [2.75, 3.05) is 17.7 Å². The lowest BCUT2D eigenvalue weighted by molar-refractivity contribution is 0.0526. The molecule has 0 bridgehead atoms. The number of esters is 1. The Morgan fingerprint density at radius 1 is 1.11 bits per heavy atom. The molecule has 7 nitrogen and oxygen atoms in total. The van der Waals surface area contributed by atoms with Crippen LogP contribution in [0.2, 0.25) is 0 Å². The number of nitrogens with zero attached hydrogens (tertiary/aromatic N) is 2. The Hall–Kier alpha value is -3.61. The van der Waals surface area contributed by atoms with Crippen LogP contribution in [0.25, 0.3) is 0 Å². The molecule has 0 saturated carbocycles. The normalized spacial score (nSPS) is 10.4. The number of aryl methyl sites for hydroxylation is 1. The molecular weight excluding hydrogens is 356 g/mol. The summed E-state index contributed by atoms with van der Waals surface area (Å²) < 4.78 is 10.8. The minimum Gasteiger partial charge on any atom is -0.462 e. The van der Waals surface area contributed by atoms with E-state index in [0.29, 0.717) is 29.4 Å². The van der Waals surface area contributed by atoms with Crippen molar-refractivity contribution >= 4 is 23.2 Å². The molecule has 0 aliphatic carbocycles. The molecule has 3 aromatic rings. The number of nitrogens with one attached hydrogen (secondary N) is 1. The topological polar surface area (TPSA) is 99.4 Å². The van der Waals surface area contributed by atoms with Crippen LogP contribution in [0.15, 0.2) is 54.9 Å². The van der Waals surface area contributed by atoms with Crippen LogP contribution in [-0.4, -0.2) is 22.5 Å². The Morgan fingerprint density at radius 3 is 2.61 bits per heavy atom. The summed E-state index contributed by atoms with van der Waals surface area (Å²) in [6.45, 7) is 4.17. The molecule has 0 fully saturated rings. The molecule has 0 radical (unpaired) electrons. The predicted octanol–water partition coefficient (Wildman–Crippen LogP) is 4.33. The summed E-state index contributed by atoms with van der Waals surface area (Å²) in [6.07, 6.45) is 2.32. The standard InChI is InChI=1S/C21H22N4O3/c1-3-14-8-10-17(11-9-14)28-20-18(22)19(23-13-24-20)25-16-7-5-6-15(12-16)21(26)27-4-2/h5-13H,3-4,22H2,1-2H3,(H,23,24,25). The van der Waals surface area contributed by atoms with E-state index in [2.05, 4.69) is 22.2 Å². The highest BCUT2D eigenvalue weighted by molar-refractivity contribution is 5.91. The number of aromatic nitrogens is 2. The van der Waals surface area contributed by atoms with Crippen molar-refractivity contribution in [3.63, 3.8) is 0 Å². The van der Waals surface area contributed by atoms with E-state index in [4.69, 9.17) is 15.2 Å². The fourth-order valence-corrected chi connectivity index (χ4v) is 2.54. The number of nitrogens with two attached hydrogens (primary N) is 1. The number of ether oxygens (including phenoxy) is 2. The van der Waals surface area contributed by atoms with Gasteiger partial charge in [0, 0.05) is 5.69 Å². The second kappa shape index (κ2) is 8.85. The van der Waals surface area contributed by atoms with Gasteiger partial charge in [0.15, 0.2) is 5.82 Å². The predicted molar refractivity (Wildman–Crippen MR) is 108 cm³/mol. The van der Waals surface area contributed by atoms with Crippen LogP contribution in [0.1, 0.15) is 29.8 Å². The molecule has 2 aromatic carbocycles. The first kappa shape index (κ1) is 19.2. The van der Waals surface area contributed by atoms with E-state index in [1.54, 1.807) is 31.2 Å². The summed E-state index contributed by atoms with van der Waals surface area (Å²) in [7, 11) is 0. The van der Waals surface area contributed by atoms with E-state index in [0.717, 1.165) is 6.42 Å². The van der Waals surface area contributed by atoms with Gasteiger partial charge in [-0.25, -0.2) is 9.78 Å². The van der Waals surface area contributed by atoms with Crippen LogP contribution in [0.3, 0.4) is 0 Å². The van der Waals surface area contributed by atoms with Crippen molar-refractivity contribution in [2.24, 2.45) is 0 Å². The van der Waals surface area contributed by atoms with Crippen LogP contribution in [-0.2, 0) is 11.2 Å².